The van der Waals surface area contributed by atoms with E-state index < -0.39 is 0 Å². The molecule has 0 saturated carbocycles. The number of hydrogen-bond donors (Lipinski definition) is 0. The summed E-state index contributed by atoms with van der Waals surface area (Å²) in [4.78, 5) is 13.6. The molecule has 0 fully saturated rings. The van der Waals surface area contributed by atoms with Crippen LogP contribution in [0.5, 0.6) is 0 Å². The Morgan fingerprint density at radius 3 is 2.84 bits per heavy atom. The molecule has 3 aromatic rings. The van der Waals surface area contributed by atoms with Crippen LogP contribution in [0.3, 0.4) is 0 Å². The van der Waals surface area contributed by atoms with Crippen molar-refractivity contribution in [1.82, 2.24) is 15.0 Å². The van der Waals surface area contributed by atoms with Crippen LogP contribution in [0.4, 0.5) is 0 Å². The number of fused-ring (bicyclic) bond motifs is 1. The summed E-state index contributed by atoms with van der Waals surface area (Å²) in [5.41, 5.74) is 1.82. The predicted molar refractivity (Wildman–Crippen MR) is 81.6 cm³/mol. The van der Waals surface area contributed by atoms with E-state index in [1.54, 1.807) is 29.3 Å². The minimum Gasteiger partial charge on any atom is -0.236 e. The van der Waals surface area contributed by atoms with Gasteiger partial charge in [-0.15, -0.1) is 11.8 Å². The Labute approximate surface area is 120 Å². The largest absolute Gasteiger partial charge is 0.236 e. The Morgan fingerprint density at radius 1 is 1.21 bits per heavy atom. The highest BCUT2D eigenvalue weighted by molar-refractivity contribution is 8.00. The van der Waals surface area contributed by atoms with Gasteiger partial charge in [0.2, 0.25) is 0 Å². The summed E-state index contributed by atoms with van der Waals surface area (Å²) < 4.78 is 0. The highest BCUT2D eigenvalue weighted by Crippen LogP contribution is 2.30. The number of hydrogen-bond acceptors (Lipinski definition) is 5. The quantitative estimate of drug-likeness (QED) is 0.533. The third kappa shape index (κ3) is 2.62. The van der Waals surface area contributed by atoms with Crippen molar-refractivity contribution in [2.45, 2.75) is 24.1 Å². The first-order valence-electron chi connectivity index (χ1n) is 6.06. The fraction of sp³-hybridized carbons (Fsp3) is 0.214. The molecule has 0 saturated heterocycles. The zero-order valence-corrected chi connectivity index (χ0v) is 12.3. The SMILES string of the molecule is CC(C)Sc1nc(-c2ccsc2)nc2ncccc12. The maximum atomic E-state index is 4.70. The second kappa shape index (κ2) is 5.27. The van der Waals surface area contributed by atoms with E-state index in [1.807, 2.05) is 23.6 Å². The van der Waals surface area contributed by atoms with Crippen molar-refractivity contribution in [1.29, 1.82) is 0 Å². The van der Waals surface area contributed by atoms with Crippen LogP contribution in [0.15, 0.2) is 40.2 Å². The molecule has 3 heterocycles. The first-order valence-corrected chi connectivity index (χ1v) is 7.88. The van der Waals surface area contributed by atoms with Gasteiger partial charge >= 0.3 is 0 Å². The van der Waals surface area contributed by atoms with Gasteiger partial charge in [0.1, 0.15) is 5.03 Å². The van der Waals surface area contributed by atoms with Crippen LogP contribution >= 0.6 is 23.1 Å². The lowest BCUT2D eigenvalue weighted by Gasteiger charge is -2.08. The van der Waals surface area contributed by atoms with Crippen molar-refractivity contribution in [3.63, 3.8) is 0 Å². The number of thiophene rings is 1. The van der Waals surface area contributed by atoms with E-state index in [9.17, 15) is 0 Å². The van der Waals surface area contributed by atoms with Crippen molar-refractivity contribution in [3.05, 3.63) is 35.2 Å². The monoisotopic (exact) mass is 287 g/mol. The molecule has 0 N–H and O–H groups in total. The second-order valence-corrected chi connectivity index (χ2v) is 6.75. The van der Waals surface area contributed by atoms with Crippen molar-refractivity contribution in [3.8, 4) is 11.4 Å². The van der Waals surface area contributed by atoms with Crippen LogP contribution in [0.2, 0.25) is 0 Å². The van der Waals surface area contributed by atoms with Gasteiger partial charge in [0.05, 0.1) is 5.39 Å². The number of nitrogens with zero attached hydrogens (tertiary/aromatic N) is 3. The summed E-state index contributed by atoms with van der Waals surface area (Å²) >= 11 is 3.40. The minimum absolute atomic E-state index is 0.480. The lowest BCUT2D eigenvalue weighted by atomic mass is 10.3. The summed E-state index contributed by atoms with van der Waals surface area (Å²) in [6, 6.07) is 6.00. The van der Waals surface area contributed by atoms with Crippen LogP contribution in [0.25, 0.3) is 22.4 Å². The lowest BCUT2D eigenvalue weighted by molar-refractivity contribution is 1.06. The van der Waals surface area contributed by atoms with E-state index in [0.717, 1.165) is 27.4 Å². The first-order chi connectivity index (χ1) is 9.24. The predicted octanol–water partition coefficient (Wildman–Crippen LogP) is 4.25. The molecule has 5 heteroatoms. The van der Waals surface area contributed by atoms with Gasteiger partial charge in [0.15, 0.2) is 11.5 Å². The van der Waals surface area contributed by atoms with Gasteiger partial charge in [-0.05, 0) is 23.6 Å². The molecule has 0 radical (unpaired) electrons. The summed E-state index contributed by atoms with van der Waals surface area (Å²) in [5.74, 6) is 0.760. The van der Waals surface area contributed by atoms with Gasteiger partial charge in [0.25, 0.3) is 0 Å². The summed E-state index contributed by atoms with van der Waals surface area (Å²) in [5, 5.41) is 6.62. The Kier molecular flexibility index (Phi) is 3.48. The topological polar surface area (TPSA) is 38.7 Å². The fourth-order valence-electron chi connectivity index (χ4n) is 1.77. The zero-order valence-electron chi connectivity index (χ0n) is 10.7. The molecule has 3 rings (SSSR count). The Bertz CT molecular complexity index is 693. The van der Waals surface area contributed by atoms with E-state index >= 15 is 0 Å². The minimum atomic E-state index is 0.480. The van der Waals surface area contributed by atoms with E-state index in [4.69, 9.17) is 4.98 Å². The van der Waals surface area contributed by atoms with Gasteiger partial charge < -0.3 is 0 Å². The highest BCUT2D eigenvalue weighted by Gasteiger charge is 2.11. The van der Waals surface area contributed by atoms with Crippen molar-refractivity contribution < 1.29 is 0 Å². The average molecular weight is 287 g/mol. The number of aromatic nitrogens is 3. The molecule has 0 aliphatic rings. The molecule has 0 atom stereocenters. The van der Waals surface area contributed by atoms with Crippen LogP contribution in [-0.2, 0) is 0 Å². The van der Waals surface area contributed by atoms with Gasteiger partial charge in [-0.1, -0.05) is 13.8 Å². The van der Waals surface area contributed by atoms with Gasteiger partial charge in [-0.2, -0.15) is 11.3 Å². The van der Waals surface area contributed by atoms with Crippen LogP contribution in [0, 0.1) is 0 Å². The number of rotatable bonds is 3. The third-order valence-electron chi connectivity index (χ3n) is 2.56. The Balaban J connectivity index is 2.20. The fourth-order valence-corrected chi connectivity index (χ4v) is 3.27. The molecule has 96 valence electrons. The summed E-state index contributed by atoms with van der Waals surface area (Å²) in [6.07, 6.45) is 1.77. The molecule has 0 aromatic carbocycles. The van der Waals surface area contributed by atoms with E-state index in [0.29, 0.717) is 5.25 Å². The van der Waals surface area contributed by atoms with Crippen molar-refractivity contribution >= 4 is 34.1 Å². The van der Waals surface area contributed by atoms with Crippen molar-refractivity contribution in [2.24, 2.45) is 0 Å². The molecule has 0 unspecified atom stereocenters. The van der Waals surface area contributed by atoms with Crippen LogP contribution < -0.4 is 0 Å². The molecule has 19 heavy (non-hydrogen) atoms. The maximum Gasteiger partial charge on any atom is 0.164 e. The zero-order chi connectivity index (χ0) is 13.2. The molecular weight excluding hydrogens is 274 g/mol. The standard InChI is InChI=1S/C14H13N3S2/c1-9(2)19-14-11-4-3-6-15-13(11)16-12(17-14)10-5-7-18-8-10/h3-9H,1-2H3. The molecule has 3 aromatic heterocycles. The molecule has 3 nitrogen and oxygen atoms in total. The average Bonchev–Trinajstić information content (AvgIpc) is 2.92. The number of thioether (sulfide) groups is 1. The Morgan fingerprint density at radius 2 is 2.11 bits per heavy atom. The molecule has 0 amide bonds. The van der Waals surface area contributed by atoms with E-state index in [1.165, 1.54) is 0 Å². The summed E-state index contributed by atoms with van der Waals surface area (Å²) in [7, 11) is 0. The summed E-state index contributed by atoms with van der Waals surface area (Å²) in [6.45, 7) is 4.33. The van der Waals surface area contributed by atoms with Crippen LogP contribution in [-0.4, -0.2) is 20.2 Å². The molecular formula is C14H13N3S2. The smallest absolute Gasteiger partial charge is 0.164 e. The lowest BCUT2D eigenvalue weighted by Crippen LogP contribution is -1.97. The highest BCUT2D eigenvalue weighted by atomic mass is 32.2. The maximum absolute atomic E-state index is 4.70. The Hall–Kier alpha value is -1.46. The van der Waals surface area contributed by atoms with Gasteiger partial charge in [-0.25, -0.2) is 15.0 Å². The van der Waals surface area contributed by atoms with Crippen LogP contribution in [0.1, 0.15) is 13.8 Å². The molecule has 0 spiro atoms. The molecule has 0 bridgehead atoms. The molecule has 0 aliphatic carbocycles. The molecule has 0 aliphatic heterocycles. The van der Waals surface area contributed by atoms with Gasteiger partial charge in [-0.3, -0.25) is 0 Å². The second-order valence-electron chi connectivity index (χ2n) is 4.41. The van der Waals surface area contributed by atoms with E-state index in [2.05, 4.69) is 29.2 Å². The van der Waals surface area contributed by atoms with Crippen molar-refractivity contribution in [2.75, 3.05) is 0 Å². The third-order valence-corrected chi connectivity index (χ3v) is 4.25. The number of pyridine rings is 1. The first kappa shape index (κ1) is 12.6. The normalized spacial score (nSPS) is 11.3. The van der Waals surface area contributed by atoms with E-state index in [-0.39, 0.29) is 0 Å². The van der Waals surface area contributed by atoms with Gasteiger partial charge in [0, 0.05) is 22.4 Å².